The highest BCUT2D eigenvalue weighted by Crippen LogP contribution is 2.31. The molecule has 0 amide bonds. The van der Waals surface area contributed by atoms with Gasteiger partial charge in [-0.15, -0.1) is 0 Å². The Balaban J connectivity index is 0.000000331. The van der Waals surface area contributed by atoms with Gasteiger partial charge in [-0.2, -0.15) is 0 Å². The van der Waals surface area contributed by atoms with Gasteiger partial charge in [-0.25, -0.2) is 8.70 Å². The molecule has 1 fully saturated rings. The van der Waals surface area contributed by atoms with Crippen LogP contribution < -0.4 is 5.73 Å². The number of amidine groups is 1. The third kappa shape index (κ3) is 10.0. The fraction of sp³-hybridized carbons (Fsp3) is 0.692. The van der Waals surface area contributed by atoms with Crippen LogP contribution in [0.4, 0.5) is 4.39 Å². The van der Waals surface area contributed by atoms with Gasteiger partial charge in [-0.05, 0) is 81.5 Å². The zero-order valence-corrected chi connectivity index (χ0v) is 22.3. The van der Waals surface area contributed by atoms with Crippen molar-refractivity contribution in [2.45, 2.75) is 91.0 Å². The average Bonchev–Trinajstić information content (AvgIpc) is 2.76. The van der Waals surface area contributed by atoms with Crippen LogP contribution in [0, 0.1) is 23.6 Å². The molecule has 7 heteroatoms. The molecule has 1 heterocycles. The first kappa shape index (κ1) is 29.4. The number of carbonyl (C=O) groups is 1. The molecule has 2 rings (SSSR count). The number of aliphatic imine (C=N–C) groups is 1. The van der Waals surface area contributed by atoms with Crippen molar-refractivity contribution in [2.75, 3.05) is 13.1 Å². The van der Waals surface area contributed by atoms with E-state index in [1.54, 1.807) is 24.9 Å². The molecule has 2 unspecified atom stereocenters. The highest BCUT2D eigenvalue weighted by molar-refractivity contribution is 7.97. The number of aromatic hydroxyl groups is 1. The van der Waals surface area contributed by atoms with Crippen LogP contribution in [0.15, 0.2) is 28.1 Å². The summed E-state index contributed by atoms with van der Waals surface area (Å²) in [5, 5.41) is 9.30. The third-order valence-corrected chi connectivity index (χ3v) is 7.45. The van der Waals surface area contributed by atoms with Crippen LogP contribution in [-0.2, 0) is 4.79 Å². The predicted octanol–water partition coefficient (Wildman–Crippen LogP) is 6.44. The van der Waals surface area contributed by atoms with Crippen molar-refractivity contribution in [3.63, 3.8) is 0 Å². The van der Waals surface area contributed by atoms with E-state index in [2.05, 4.69) is 37.0 Å². The summed E-state index contributed by atoms with van der Waals surface area (Å²) >= 11 is 1.61. The Morgan fingerprint density at radius 1 is 1.30 bits per heavy atom. The van der Waals surface area contributed by atoms with E-state index in [1.165, 1.54) is 31.4 Å². The molecule has 1 saturated heterocycles. The number of hydrogen-bond acceptors (Lipinski definition) is 5. The van der Waals surface area contributed by atoms with Crippen LogP contribution >= 0.6 is 11.9 Å². The highest BCUT2D eigenvalue weighted by atomic mass is 32.2. The number of rotatable bonds is 9. The molecule has 1 aliphatic heterocycles. The van der Waals surface area contributed by atoms with Crippen LogP contribution in [0.1, 0.15) is 80.6 Å². The van der Waals surface area contributed by atoms with Crippen molar-refractivity contribution < 1.29 is 14.3 Å². The summed E-state index contributed by atoms with van der Waals surface area (Å²) in [5.41, 5.74) is 5.27. The van der Waals surface area contributed by atoms with Gasteiger partial charge in [0, 0.05) is 23.9 Å². The summed E-state index contributed by atoms with van der Waals surface area (Å²) in [4.78, 5) is 17.1. The van der Waals surface area contributed by atoms with Gasteiger partial charge in [-0.3, -0.25) is 9.79 Å². The molecule has 0 saturated carbocycles. The Hall–Kier alpha value is -1.60. The maximum atomic E-state index is 12.9. The molecule has 0 radical (unpaired) electrons. The summed E-state index contributed by atoms with van der Waals surface area (Å²) in [5.74, 6) is 1.40. The van der Waals surface area contributed by atoms with E-state index in [1.807, 2.05) is 13.8 Å². The lowest BCUT2D eigenvalue weighted by atomic mass is 9.87. The average molecular weight is 482 g/mol. The molecule has 0 aromatic heterocycles. The van der Waals surface area contributed by atoms with Crippen LogP contribution in [0.3, 0.4) is 0 Å². The van der Waals surface area contributed by atoms with E-state index in [4.69, 9.17) is 5.73 Å². The molecule has 1 aromatic rings. The summed E-state index contributed by atoms with van der Waals surface area (Å²) in [7, 11) is 0. The van der Waals surface area contributed by atoms with Gasteiger partial charge in [0.15, 0.2) is 17.3 Å². The zero-order chi connectivity index (χ0) is 25.2. The smallest absolute Gasteiger partial charge is 0.164 e. The number of phenolic OH excluding ortho intramolecular Hbond substituents is 1. The summed E-state index contributed by atoms with van der Waals surface area (Å²) < 4.78 is 15.2. The third-order valence-electron chi connectivity index (χ3n) is 6.36. The molecule has 33 heavy (non-hydrogen) atoms. The Morgan fingerprint density at radius 2 is 1.91 bits per heavy atom. The van der Waals surface area contributed by atoms with Crippen LogP contribution in [-0.4, -0.2) is 39.7 Å². The first-order valence-electron chi connectivity index (χ1n) is 12.2. The molecular weight excluding hydrogens is 437 g/mol. The normalized spacial score (nSPS) is 18.4. The topological polar surface area (TPSA) is 78.9 Å². The van der Waals surface area contributed by atoms with E-state index in [-0.39, 0.29) is 17.5 Å². The molecule has 0 spiro atoms. The summed E-state index contributed by atoms with van der Waals surface area (Å²) in [6.45, 7) is 16.1. The van der Waals surface area contributed by atoms with Crippen molar-refractivity contribution in [3.8, 4) is 5.75 Å². The quantitative estimate of drug-likeness (QED) is 0.241. The van der Waals surface area contributed by atoms with Crippen molar-refractivity contribution >= 4 is 23.6 Å². The maximum Gasteiger partial charge on any atom is 0.164 e. The SMILES string of the molecule is CCC(C)C(N)=NC(C)(CC(C)C)C(C)=O.CCC1CCN(Sc2ccc(F)c(O)c2)CC1. The minimum Gasteiger partial charge on any atom is -0.505 e. The molecule has 2 atom stereocenters. The monoisotopic (exact) mass is 481 g/mol. The lowest BCUT2D eigenvalue weighted by Gasteiger charge is -2.30. The molecule has 1 aliphatic rings. The van der Waals surface area contributed by atoms with Gasteiger partial charge in [0.05, 0.1) is 5.84 Å². The van der Waals surface area contributed by atoms with Gasteiger partial charge < -0.3 is 10.8 Å². The first-order valence-corrected chi connectivity index (χ1v) is 13.0. The number of hydrogen-bond donors (Lipinski definition) is 2. The van der Waals surface area contributed by atoms with E-state index < -0.39 is 11.4 Å². The number of benzene rings is 1. The Morgan fingerprint density at radius 3 is 2.36 bits per heavy atom. The number of piperidine rings is 1. The van der Waals surface area contributed by atoms with Crippen LogP contribution in [0.2, 0.25) is 0 Å². The predicted molar refractivity (Wildman–Crippen MR) is 138 cm³/mol. The second-order valence-electron chi connectivity index (χ2n) is 9.76. The Labute approximate surface area is 204 Å². The lowest BCUT2D eigenvalue weighted by molar-refractivity contribution is -0.121. The minimum absolute atomic E-state index is 0.0902. The van der Waals surface area contributed by atoms with Crippen molar-refractivity contribution in [3.05, 3.63) is 24.0 Å². The minimum atomic E-state index is -0.651. The van der Waals surface area contributed by atoms with Crippen molar-refractivity contribution in [1.29, 1.82) is 0 Å². The van der Waals surface area contributed by atoms with Gasteiger partial charge in [0.25, 0.3) is 0 Å². The maximum absolute atomic E-state index is 12.9. The van der Waals surface area contributed by atoms with Crippen LogP contribution in [0.5, 0.6) is 5.75 Å². The lowest BCUT2D eigenvalue weighted by Crippen LogP contribution is -2.37. The zero-order valence-electron chi connectivity index (χ0n) is 21.5. The molecule has 0 bridgehead atoms. The number of phenols is 1. The van der Waals surface area contributed by atoms with Crippen molar-refractivity contribution in [1.82, 2.24) is 4.31 Å². The summed E-state index contributed by atoms with van der Waals surface area (Å²) in [6, 6.07) is 4.52. The van der Waals surface area contributed by atoms with E-state index in [0.717, 1.165) is 36.7 Å². The molecular formula is C26H44FN3O2S. The van der Waals surface area contributed by atoms with E-state index >= 15 is 0 Å². The van der Waals surface area contributed by atoms with Gasteiger partial charge in [0.2, 0.25) is 0 Å². The Kier molecular flexibility index (Phi) is 12.4. The van der Waals surface area contributed by atoms with Gasteiger partial charge in [0.1, 0.15) is 5.54 Å². The molecule has 1 aromatic carbocycles. The Bertz CT molecular complexity index is 779. The standard InChI is InChI=1S/C13H18FNOS.C13H26N2O/c1-2-10-5-7-15(8-6-10)17-11-3-4-12(14)13(16)9-11;1-7-10(4)12(14)15-13(6,11(5)16)8-9(2)3/h3-4,9-10,16H,2,5-8H2,1H3;9-10H,7-8H2,1-6H3,(H2,14,15). The first-order chi connectivity index (χ1) is 15.4. The van der Waals surface area contributed by atoms with E-state index in [0.29, 0.717) is 11.8 Å². The van der Waals surface area contributed by atoms with Crippen LogP contribution in [0.25, 0.3) is 0 Å². The largest absolute Gasteiger partial charge is 0.505 e. The fourth-order valence-electron chi connectivity index (χ4n) is 3.77. The van der Waals surface area contributed by atoms with Gasteiger partial charge >= 0.3 is 0 Å². The van der Waals surface area contributed by atoms with Gasteiger partial charge in [-0.1, -0.05) is 41.0 Å². The second-order valence-corrected chi connectivity index (χ2v) is 10.9. The highest BCUT2D eigenvalue weighted by Gasteiger charge is 2.30. The molecule has 3 N–H and O–H groups in total. The summed E-state index contributed by atoms with van der Waals surface area (Å²) in [6.07, 6.45) is 5.42. The number of carbonyl (C=O) groups excluding carboxylic acids is 1. The number of nitrogens with zero attached hydrogens (tertiary/aromatic N) is 2. The van der Waals surface area contributed by atoms with Crippen molar-refractivity contribution in [2.24, 2.45) is 28.5 Å². The molecule has 0 aliphatic carbocycles. The molecule has 5 nitrogen and oxygen atoms in total. The number of nitrogens with two attached hydrogens (primary N) is 1. The second kappa shape index (κ2) is 14.0. The number of ketones is 1. The molecule has 188 valence electrons. The van der Waals surface area contributed by atoms with E-state index in [9.17, 15) is 14.3 Å². The number of Topliss-reactive ketones (excluding diaryl/α,β-unsaturated/α-hetero) is 1. The fourth-order valence-corrected chi connectivity index (χ4v) is 4.76. The number of halogens is 1.